The van der Waals surface area contributed by atoms with Gasteiger partial charge in [0.1, 0.15) is 5.76 Å². The molecule has 0 spiro atoms. The fraction of sp³-hybridized carbons (Fsp3) is 0.167. The second kappa shape index (κ2) is 5.59. The largest absolute Gasteiger partial charge is 0.469 e. The molecule has 0 saturated carbocycles. The van der Waals surface area contributed by atoms with E-state index in [9.17, 15) is 22.0 Å². The predicted octanol–water partition coefficient (Wildman–Crippen LogP) is 2.72. The minimum Gasteiger partial charge on any atom is -0.469 e. The van der Waals surface area contributed by atoms with Gasteiger partial charge >= 0.3 is 0 Å². The van der Waals surface area contributed by atoms with E-state index >= 15 is 0 Å². The van der Waals surface area contributed by atoms with Gasteiger partial charge in [0.25, 0.3) is 0 Å². The van der Waals surface area contributed by atoms with Crippen molar-refractivity contribution in [1.82, 2.24) is 5.43 Å². The highest BCUT2D eigenvalue weighted by Crippen LogP contribution is 2.29. The van der Waals surface area contributed by atoms with Crippen molar-refractivity contribution >= 4 is 0 Å². The van der Waals surface area contributed by atoms with Crippen LogP contribution in [-0.4, -0.2) is 0 Å². The van der Waals surface area contributed by atoms with Crippen LogP contribution in [0.2, 0.25) is 0 Å². The minimum atomic E-state index is -2.21. The molecular formula is C12H9F5N2O. The molecule has 0 fully saturated rings. The molecule has 1 unspecified atom stereocenters. The first kappa shape index (κ1) is 14.5. The molecule has 0 radical (unpaired) electrons. The molecule has 3 N–H and O–H groups in total. The van der Waals surface area contributed by atoms with E-state index in [-0.39, 0.29) is 12.2 Å². The van der Waals surface area contributed by atoms with Crippen LogP contribution in [0.5, 0.6) is 0 Å². The maximum Gasteiger partial charge on any atom is 0.200 e. The van der Waals surface area contributed by atoms with Gasteiger partial charge in [-0.1, -0.05) is 0 Å². The molecule has 108 valence electrons. The molecule has 1 heterocycles. The van der Waals surface area contributed by atoms with E-state index in [4.69, 9.17) is 10.3 Å². The van der Waals surface area contributed by atoms with Crippen molar-refractivity contribution in [3.63, 3.8) is 0 Å². The Balaban J connectivity index is 2.49. The SMILES string of the molecule is NNC(Cc1ccco1)c1c(F)c(F)c(F)c(F)c1F. The Bertz CT molecular complexity index is 586. The van der Waals surface area contributed by atoms with Crippen LogP contribution < -0.4 is 11.3 Å². The summed E-state index contributed by atoms with van der Waals surface area (Å²) in [5.74, 6) is -4.67. The van der Waals surface area contributed by atoms with Crippen LogP contribution in [0.1, 0.15) is 17.4 Å². The lowest BCUT2D eigenvalue weighted by Gasteiger charge is -2.17. The monoisotopic (exact) mass is 292 g/mol. The lowest BCUT2D eigenvalue weighted by atomic mass is 10.0. The Kier molecular flexibility index (Phi) is 4.05. The zero-order valence-corrected chi connectivity index (χ0v) is 9.89. The summed E-state index contributed by atoms with van der Waals surface area (Å²) < 4.78 is 71.4. The summed E-state index contributed by atoms with van der Waals surface area (Å²) in [4.78, 5) is 0. The summed E-state index contributed by atoms with van der Waals surface area (Å²) in [7, 11) is 0. The zero-order chi connectivity index (χ0) is 14.9. The number of furan rings is 1. The summed E-state index contributed by atoms with van der Waals surface area (Å²) >= 11 is 0. The molecule has 1 aromatic heterocycles. The normalized spacial score (nSPS) is 12.7. The summed E-state index contributed by atoms with van der Waals surface area (Å²) in [6, 6.07) is 1.67. The van der Waals surface area contributed by atoms with E-state index in [0.717, 1.165) is 0 Å². The maximum atomic E-state index is 13.6. The average molecular weight is 292 g/mol. The number of rotatable bonds is 4. The number of nitrogens with two attached hydrogens (primary N) is 1. The Morgan fingerprint density at radius 3 is 2.00 bits per heavy atom. The van der Waals surface area contributed by atoms with Gasteiger partial charge < -0.3 is 4.42 Å². The van der Waals surface area contributed by atoms with Gasteiger partial charge in [-0.3, -0.25) is 11.3 Å². The van der Waals surface area contributed by atoms with Crippen LogP contribution in [-0.2, 0) is 6.42 Å². The molecule has 1 aromatic carbocycles. The van der Waals surface area contributed by atoms with Gasteiger partial charge in [0.2, 0.25) is 5.82 Å². The van der Waals surface area contributed by atoms with Crippen molar-refractivity contribution in [2.24, 2.45) is 5.84 Å². The van der Waals surface area contributed by atoms with E-state index in [1.165, 1.54) is 18.4 Å². The molecular weight excluding hydrogens is 283 g/mol. The number of hydrogen-bond acceptors (Lipinski definition) is 3. The molecule has 8 heteroatoms. The second-order valence-electron chi connectivity index (χ2n) is 3.99. The third-order valence-electron chi connectivity index (χ3n) is 2.78. The van der Waals surface area contributed by atoms with Crippen molar-refractivity contribution in [3.8, 4) is 0 Å². The van der Waals surface area contributed by atoms with Crippen LogP contribution in [0.15, 0.2) is 22.8 Å². The first-order valence-electron chi connectivity index (χ1n) is 5.47. The molecule has 2 aromatic rings. The van der Waals surface area contributed by atoms with Crippen LogP contribution >= 0.6 is 0 Å². The quantitative estimate of drug-likeness (QED) is 0.299. The van der Waals surface area contributed by atoms with Crippen LogP contribution in [0.25, 0.3) is 0 Å². The Hall–Kier alpha value is -1.93. The van der Waals surface area contributed by atoms with Crippen molar-refractivity contribution < 1.29 is 26.4 Å². The van der Waals surface area contributed by atoms with E-state index < -0.39 is 40.7 Å². The van der Waals surface area contributed by atoms with Crippen LogP contribution in [0.4, 0.5) is 22.0 Å². The third kappa shape index (κ3) is 2.39. The van der Waals surface area contributed by atoms with E-state index in [2.05, 4.69) is 0 Å². The first-order valence-corrected chi connectivity index (χ1v) is 5.47. The van der Waals surface area contributed by atoms with Crippen molar-refractivity contribution in [2.75, 3.05) is 0 Å². The standard InChI is InChI=1S/C12H9F5N2O/c13-8-7(9(14)11(16)12(17)10(8)15)6(19-18)4-5-2-1-3-20-5/h1-3,6,19H,4,18H2. The van der Waals surface area contributed by atoms with Crippen molar-refractivity contribution in [1.29, 1.82) is 0 Å². The highest BCUT2D eigenvalue weighted by atomic mass is 19.2. The van der Waals surface area contributed by atoms with Gasteiger partial charge in [0.05, 0.1) is 12.3 Å². The average Bonchev–Trinajstić information content (AvgIpc) is 2.95. The molecule has 3 nitrogen and oxygen atoms in total. The Labute approximate surface area is 110 Å². The topological polar surface area (TPSA) is 51.2 Å². The molecule has 0 bridgehead atoms. The summed E-state index contributed by atoms with van der Waals surface area (Å²) in [5, 5.41) is 0. The third-order valence-corrected chi connectivity index (χ3v) is 2.78. The van der Waals surface area contributed by atoms with Crippen LogP contribution in [0.3, 0.4) is 0 Å². The molecule has 0 aliphatic carbocycles. The fourth-order valence-electron chi connectivity index (χ4n) is 1.80. The molecule has 0 saturated heterocycles. The summed E-state index contributed by atoms with van der Waals surface area (Å²) in [6.45, 7) is 0. The van der Waals surface area contributed by atoms with Gasteiger partial charge in [-0.05, 0) is 12.1 Å². The minimum absolute atomic E-state index is 0.179. The first-order chi connectivity index (χ1) is 9.47. The number of nitrogens with one attached hydrogen (secondary N) is 1. The maximum absolute atomic E-state index is 13.6. The van der Waals surface area contributed by atoms with Crippen LogP contribution in [0, 0.1) is 29.1 Å². The molecule has 0 amide bonds. The Morgan fingerprint density at radius 1 is 1.00 bits per heavy atom. The molecule has 0 aliphatic heterocycles. The highest BCUT2D eigenvalue weighted by Gasteiger charge is 2.30. The molecule has 1 atom stereocenters. The van der Waals surface area contributed by atoms with E-state index in [0.29, 0.717) is 0 Å². The summed E-state index contributed by atoms with van der Waals surface area (Å²) in [6.07, 6.45) is 1.13. The zero-order valence-electron chi connectivity index (χ0n) is 9.89. The summed E-state index contributed by atoms with van der Waals surface area (Å²) in [5.41, 5.74) is 0.989. The number of hydrazine groups is 1. The lowest BCUT2D eigenvalue weighted by Crippen LogP contribution is -2.31. The lowest BCUT2D eigenvalue weighted by molar-refractivity contribution is 0.351. The van der Waals surface area contributed by atoms with E-state index in [1.807, 2.05) is 5.43 Å². The van der Waals surface area contributed by atoms with Gasteiger partial charge in [-0.2, -0.15) is 0 Å². The number of benzene rings is 1. The van der Waals surface area contributed by atoms with Gasteiger partial charge in [0, 0.05) is 12.0 Å². The van der Waals surface area contributed by atoms with Crippen molar-refractivity contribution in [3.05, 3.63) is 58.8 Å². The van der Waals surface area contributed by atoms with Crippen molar-refractivity contribution in [2.45, 2.75) is 12.5 Å². The van der Waals surface area contributed by atoms with Gasteiger partial charge in [-0.15, -0.1) is 0 Å². The number of halogens is 5. The molecule has 0 aliphatic rings. The molecule has 2 rings (SSSR count). The van der Waals surface area contributed by atoms with Gasteiger partial charge in [0.15, 0.2) is 23.3 Å². The van der Waals surface area contributed by atoms with E-state index in [1.54, 1.807) is 0 Å². The fourth-order valence-corrected chi connectivity index (χ4v) is 1.80. The Morgan fingerprint density at radius 2 is 1.55 bits per heavy atom. The predicted molar refractivity (Wildman–Crippen MR) is 58.7 cm³/mol. The highest BCUT2D eigenvalue weighted by molar-refractivity contribution is 5.28. The molecule has 20 heavy (non-hydrogen) atoms. The smallest absolute Gasteiger partial charge is 0.200 e. The second-order valence-corrected chi connectivity index (χ2v) is 3.99. The van der Waals surface area contributed by atoms with Gasteiger partial charge in [-0.25, -0.2) is 22.0 Å². The number of hydrogen-bond donors (Lipinski definition) is 2.